The predicted molar refractivity (Wildman–Crippen MR) is 98.9 cm³/mol. The highest BCUT2D eigenvalue weighted by Crippen LogP contribution is 2.66. The van der Waals surface area contributed by atoms with E-state index in [1.807, 2.05) is 7.05 Å². The Morgan fingerprint density at radius 1 is 1.08 bits per heavy atom. The third kappa shape index (κ3) is 2.10. The molecular weight excluding hydrogens is 294 g/mol. The van der Waals surface area contributed by atoms with Gasteiger partial charge < -0.3 is 5.11 Å². The standard InChI is InChI=1S/C22H33NO/c1-5-22(24)13-12-20(2)15(14-22)6-7-16-17-8-9-19(23-4)21(17,3)11-10-18(16)20/h1,15-18,24H,6-14H2,2-4H3/t15?,16?,17?,18?,20-,21-,22-/m0/s1. The SMILES string of the molecule is C#C[C@]1(O)CC[C@@]2(C)C(CCC3C2CC[C@]2(C)C(=NC)CCC32)C1. The summed E-state index contributed by atoms with van der Waals surface area (Å²) in [4.78, 5) is 4.67. The molecule has 4 unspecified atom stereocenters. The Kier molecular flexibility index (Phi) is 3.70. The molecule has 4 saturated carbocycles. The molecule has 0 aromatic carbocycles. The summed E-state index contributed by atoms with van der Waals surface area (Å²) in [5.41, 5.74) is 1.41. The Hall–Kier alpha value is -0.810. The number of rotatable bonds is 0. The van der Waals surface area contributed by atoms with Crippen molar-refractivity contribution in [3.8, 4) is 12.3 Å². The van der Waals surface area contributed by atoms with Crippen LogP contribution in [-0.4, -0.2) is 23.5 Å². The molecule has 0 radical (unpaired) electrons. The average Bonchev–Trinajstić information content (AvgIpc) is 2.92. The van der Waals surface area contributed by atoms with Crippen LogP contribution in [0.2, 0.25) is 0 Å². The fourth-order valence-electron chi connectivity index (χ4n) is 7.53. The number of aliphatic imine (C=N–C) groups is 1. The lowest BCUT2D eigenvalue weighted by atomic mass is 9.44. The predicted octanol–water partition coefficient (Wildman–Crippen LogP) is 4.46. The molecule has 0 aromatic rings. The fourth-order valence-corrected chi connectivity index (χ4v) is 7.53. The summed E-state index contributed by atoms with van der Waals surface area (Å²) in [5, 5.41) is 10.6. The maximum absolute atomic E-state index is 10.6. The molecule has 4 fully saturated rings. The molecule has 0 amide bonds. The molecule has 24 heavy (non-hydrogen) atoms. The van der Waals surface area contributed by atoms with E-state index in [0.29, 0.717) is 16.7 Å². The minimum absolute atomic E-state index is 0.368. The van der Waals surface area contributed by atoms with Gasteiger partial charge in [-0.25, -0.2) is 0 Å². The molecule has 0 spiro atoms. The average molecular weight is 328 g/mol. The van der Waals surface area contributed by atoms with Gasteiger partial charge in [0.2, 0.25) is 0 Å². The second kappa shape index (κ2) is 5.34. The van der Waals surface area contributed by atoms with Crippen molar-refractivity contribution in [3.63, 3.8) is 0 Å². The smallest absolute Gasteiger partial charge is 0.125 e. The van der Waals surface area contributed by atoms with Gasteiger partial charge in [0.15, 0.2) is 0 Å². The molecule has 2 nitrogen and oxygen atoms in total. The number of aliphatic hydroxyl groups is 1. The zero-order chi connectivity index (χ0) is 17.2. The van der Waals surface area contributed by atoms with Gasteiger partial charge in [0.25, 0.3) is 0 Å². The molecular formula is C22H33NO. The van der Waals surface area contributed by atoms with Crippen molar-refractivity contribution in [2.24, 2.45) is 39.5 Å². The van der Waals surface area contributed by atoms with Crippen LogP contribution < -0.4 is 0 Å². The summed E-state index contributed by atoms with van der Waals surface area (Å²) >= 11 is 0. The second-order valence-corrected chi connectivity index (χ2v) is 9.70. The van der Waals surface area contributed by atoms with Crippen LogP contribution in [0.4, 0.5) is 0 Å². The first kappa shape index (κ1) is 16.6. The van der Waals surface area contributed by atoms with Crippen LogP contribution in [0.1, 0.15) is 71.6 Å². The van der Waals surface area contributed by atoms with Gasteiger partial charge in [0, 0.05) is 18.2 Å². The van der Waals surface area contributed by atoms with E-state index >= 15 is 0 Å². The maximum atomic E-state index is 10.6. The first-order valence-corrected chi connectivity index (χ1v) is 10.0. The van der Waals surface area contributed by atoms with E-state index < -0.39 is 5.60 Å². The quantitative estimate of drug-likeness (QED) is 0.654. The molecule has 7 atom stereocenters. The highest BCUT2D eigenvalue weighted by Gasteiger charge is 2.60. The summed E-state index contributed by atoms with van der Waals surface area (Å²) < 4.78 is 0. The van der Waals surface area contributed by atoms with Crippen LogP contribution in [0.5, 0.6) is 0 Å². The highest BCUT2D eigenvalue weighted by molar-refractivity contribution is 5.92. The second-order valence-electron chi connectivity index (χ2n) is 9.70. The third-order valence-corrected chi connectivity index (χ3v) is 9.01. The van der Waals surface area contributed by atoms with E-state index in [2.05, 4.69) is 24.8 Å². The minimum atomic E-state index is -0.838. The number of hydrogen-bond donors (Lipinski definition) is 1. The lowest BCUT2D eigenvalue weighted by Crippen LogP contribution is -2.55. The highest BCUT2D eigenvalue weighted by atomic mass is 16.3. The number of terminal acetylenes is 1. The summed E-state index contributed by atoms with van der Waals surface area (Å²) in [7, 11) is 2.00. The van der Waals surface area contributed by atoms with Crippen LogP contribution in [0.3, 0.4) is 0 Å². The molecule has 4 aliphatic carbocycles. The van der Waals surface area contributed by atoms with Gasteiger partial charge in [-0.05, 0) is 86.9 Å². The Labute approximate surface area is 147 Å². The van der Waals surface area contributed by atoms with Gasteiger partial charge >= 0.3 is 0 Å². The molecule has 4 rings (SSSR count). The summed E-state index contributed by atoms with van der Waals surface area (Å²) in [5.74, 6) is 5.83. The monoisotopic (exact) mass is 327 g/mol. The zero-order valence-corrected chi connectivity index (χ0v) is 15.6. The minimum Gasteiger partial charge on any atom is -0.378 e. The first-order chi connectivity index (χ1) is 11.4. The lowest BCUT2D eigenvalue weighted by molar-refractivity contribution is -0.127. The Bertz CT molecular complexity index is 604. The maximum Gasteiger partial charge on any atom is 0.125 e. The van der Waals surface area contributed by atoms with E-state index in [1.165, 1.54) is 44.2 Å². The van der Waals surface area contributed by atoms with E-state index in [-0.39, 0.29) is 0 Å². The third-order valence-electron chi connectivity index (χ3n) is 9.01. The van der Waals surface area contributed by atoms with Gasteiger partial charge in [-0.15, -0.1) is 6.42 Å². The zero-order valence-electron chi connectivity index (χ0n) is 15.6. The largest absolute Gasteiger partial charge is 0.378 e. The van der Waals surface area contributed by atoms with Crippen LogP contribution in [0.15, 0.2) is 4.99 Å². The van der Waals surface area contributed by atoms with Gasteiger partial charge in [0.1, 0.15) is 5.60 Å². The van der Waals surface area contributed by atoms with E-state index in [1.54, 1.807) is 0 Å². The summed E-state index contributed by atoms with van der Waals surface area (Å²) in [6, 6.07) is 0. The first-order valence-electron chi connectivity index (χ1n) is 10.0. The number of hydrogen-bond acceptors (Lipinski definition) is 2. The Balaban J connectivity index is 1.62. The number of fused-ring (bicyclic) bond motifs is 5. The molecule has 0 bridgehead atoms. The molecule has 0 heterocycles. The normalized spacial score (nSPS) is 55.4. The molecule has 0 aliphatic heterocycles. The lowest BCUT2D eigenvalue weighted by Gasteiger charge is -2.61. The van der Waals surface area contributed by atoms with Crippen molar-refractivity contribution in [1.29, 1.82) is 0 Å². The molecule has 132 valence electrons. The molecule has 1 N–H and O–H groups in total. The topological polar surface area (TPSA) is 32.6 Å². The molecule has 0 saturated heterocycles. The van der Waals surface area contributed by atoms with Crippen LogP contribution >= 0.6 is 0 Å². The Morgan fingerprint density at radius 2 is 1.88 bits per heavy atom. The van der Waals surface area contributed by atoms with Crippen molar-refractivity contribution in [2.45, 2.75) is 77.2 Å². The van der Waals surface area contributed by atoms with Crippen LogP contribution in [-0.2, 0) is 0 Å². The van der Waals surface area contributed by atoms with Gasteiger partial charge in [-0.3, -0.25) is 4.99 Å². The molecule has 0 aromatic heterocycles. The summed E-state index contributed by atoms with van der Waals surface area (Å²) in [6.07, 6.45) is 16.2. The van der Waals surface area contributed by atoms with E-state index in [0.717, 1.165) is 37.0 Å². The Morgan fingerprint density at radius 3 is 2.58 bits per heavy atom. The van der Waals surface area contributed by atoms with Crippen molar-refractivity contribution in [3.05, 3.63) is 0 Å². The van der Waals surface area contributed by atoms with Crippen molar-refractivity contribution < 1.29 is 5.11 Å². The van der Waals surface area contributed by atoms with Gasteiger partial charge in [0.05, 0.1) is 0 Å². The molecule has 4 aliphatic rings. The van der Waals surface area contributed by atoms with Crippen molar-refractivity contribution in [1.82, 2.24) is 0 Å². The van der Waals surface area contributed by atoms with Crippen molar-refractivity contribution >= 4 is 5.71 Å². The van der Waals surface area contributed by atoms with Crippen molar-refractivity contribution in [2.75, 3.05) is 7.05 Å². The van der Waals surface area contributed by atoms with Crippen LogP contribution in [0, 0.1) is 46.8 Å². The summed E-state index contributed by atoms with van der Waals surface area (Å²) in [6.45, 7) is 5.02. The van der Waals surface area contributed by atoms with E-state index in [9.17, 15) is 5.11 Å². The fraction of sp³-hybridized carbons (Fsp3) is 0.864. The van der Waals surface area contributed by atoms with Gasteiger partial charge in [-0.2, -0.15) is 0 Å². The number of nitrogens with zero attached hydrogens (tertiary/aromatic N) is 1. The van der Waals surface area contributed by atoms with Crippen LogP contribution in [0.25, 0.3) is 0 Å². The van der Waals surface area contributed by atoms with E-state index in [4.69, 9.17) is 6.42 Å². The van der Waals surface area contributed by atoms with Gasteiger partial charge in [-0.1, -0.05) is 19.8 Å². The molecule has 2 heteroatoms.